The molecule has 0 radical (unpaired) electrons. The van der Waals surface area contributed by atoms with Gasteiger partial charge >= 0.3 is 0 Å². The summed E-state index contributed by atoms with van der Waals surface area (Å²) in [5, 5.41) is 4.12. The Balaban J connectivity index is 1.67. The van der Waals surface area contributed by atoms with Crippen LogP contribution in [0.15, 0.2) is 53.9 Å². The van der Waals surface area contributed by atoms with Crippen molar-refractivity contribution in [2.75, 3.05) is 0 Å². The molecule has 0 bridgehead atoms. The first-order chi connectivity index (χ1) is 14.0. The number of carbonyl (C=O) groups excluding carboxylic acids is 1. The molecule has 29 heavy (non-hydrogen) atoms. The zero-order valence-corrected chi connectivity index (χ0v) is 18.6. The van der Waals surface area contributed by atoms with Crippen molar-refractivity contribution in [1.82, 2.24) is 9.88 Å². The van der Waals surface area contributed by atoms with Crippen LogP contribution in [0.2, 0.25) is 10.0 Å². The number of halogens is 2. The van der Waals surface area contributed by atoms with Crippen LogP contribution in [0.1, 0.15) is 41.3 Å². The van der Waals surface area contributed by atoms with Gasteiger partial charge in [-0.15, -0.1) is 11.3 Å². The fraction of sp³-hybridized carbons (Fsp3) is 0.273. The maximum Gasteiger partial charge on any atom is 0.254 e. The molecule has 0 aliphatic heterocycles. The summed E-state index contributed by atoms with van der Waals surface area (Å²) in [6, 6.07) is 14.3. The highest BCUT2D eigenvalue weighted by Gasteiger charge is 2.22. The van der Waals surface area contributed by atoms with Crippen molar-refractivity contribution >= 4 is 40.4 Å². The van der Waals surface area contributed by atoms with Gasteiger partial charge in [-0.25, -0.2) is 4.98 Å². The third kappa shape index (κ3) is 5.95. The molecule has 7 heteroatoms. The lowest BCUT2D eigenvalue weighted by Gasteiger charge is -2.28. The summed E-state index contributed by atoms with van der Waals surface area (Å²) < 4.78 is 5.76. The summed E-state index contributed by atoms with van der Waals surface area (Å²) in [4.78, 5) is 19.5. The topological polar surface area (TPSA) is 42.4 Å². The van der Waals surface area contributed by atoms with E-state index in [0.717, 1.165) is 22.9 Å². The van der Waals surface area contributed by atoms with Crippen LogP contribution in [0.5, 0.6) is 5.75 Å². The number of amides is 1. The van der Waals surface area contributed by atoms with Crippen molar-refractivity contribution in [2.45, 2.75) is 39.5 Å². The molecule has 0 aliphatic carbocycles. The summed E-state index contributed by atoms with van der Waals surface area (Å²) in [6.45, 7) is 4.94. The molecule has 2 aromatic carbocycles. The van der Waals surface area contributed by atoms with Gasteiger partial charge in [0.1, 0.15) is 17.4 Å². The first kappa shape index (κ1) is 21.6. The van der Waals surface area contributed by atoms with Crippen molar-refractivity contribution in [3.05, 3.63) is 80.2 Å². The van der Waals surface area contributed by atoms with Crippen molar-refractivity contribution < 1.29 is 9.53 Å². The van der Waals surface area contributed by atoms with Gasteiger partial charge in [0.15, 0.2) is 0 Å². The Morgan fingerprint density at radius 1 is 1.10 bits per heavy atom. The summed E-state index contributed by atoms with van der Waals surface area (Å²) in [5.74, 6) is 0.716. The Bertz CT molecular complexity index is 942. The van der Waals surface area contributed by atoms with E-state index in [9.17, 15) is 4.79 Å². The molecule has 0 spiro atoms. The van der Waals surface area contributed by atoms with E-state index in [4.69, 9.17) is 27.9 Å². The number of thiazole rings is 1. The second-order valence-corrected chi connectivity index (χ2v) is 8.49. The molecule has 1 aromatic heterocycles. The Morgan fingerprint density at radius 3 is 2.34 bits per heavy atom. The van der Waals surface area contributed by atoms with Crippen molar-refractivity contribution in [1.29, 1.82) is 0 Å². The minimum absolute atomic E-state index is 0.0250. The van der Waals surface area contributed by atoms with Crippen LogP contribution in [-0.4, -0.2) is 21.8 Å². The zero-order chi connectivity index (χ0) is 20.8. The Kier molecular flexibility index (Phi) is 7.53. The van der Waals surface area contributed by atoms with Gasteiger partial charge in [-0.1, -0.05) is 30.1 Å². The lowest BCUT2D eigenvalue weighted by Crippen LogP contribution is -2.37. The average molecular weight is 449 g/mol. The maximum absolute atomic E-state index is 13.0. The van der Waals surface area contributed by atoms with Crippen LogP contribution in [-0.2, 0) is 13.2 Å². The molecule has 3 aromatic rings. The highest BCUT2D eigenvalue weighted by molar-refractivity contribution is 7.09. The zero-order valence-electron chi connectivity index (χ0n) is 16.3. The third-order valence-corrected chi connectivity index (χ3v) is 5.96. The van der Waals surface area contributed by atoms with E-state index >= 15 is 0 Å². The van der Waals surface area contributed by atoms with Crippen molar-refractivity contribution in [3.8, 4) is 5.75 Å². The van der Waals surface area contributed by atoms with Gasteiger partial charge in [0, 0.05) is 27.0 Å². The summed E-state index contributed by atoms with van der Waals surface area (Å²) >= 11 is 13.4. The van der Waals surface area contributed by atoms with Crippen molar-refractivity contribution in [2.24, 2.45) is 0 Å². The van der Waals surface area contributed by atoms with Crippen LogP contribution < -0.4 is 4.74 Å². The quantitative estimate of drug-likeness (QED) is 0.396. The normalized spacial score (nSPS) is 11.9. The summed E-state index contributed by atoms with van der Waals surface area (Å²) in [6.07, 6.45) is 0.857. The number of aromatic nitrogens is 1. The number of benzene rings is 2. The van der Waals surface area contributed by atoms with E-state index < -0.39 is 0 Å². The smallest absolute Gasteiger partial charge is 0.254 e. The Hall–Kier alpha value is -2.08. The van der Waals surface area contributed by atoms with Gasteiger partial charge in [-0.05, 0) is 61.9 Å². The van der Waals surface area contributed by atoms with Crippen molar-refractivity contribution in [3.63, 3.8) is 0 Å². The average Bonchev–Trinajstić information content (AvgIpc) is 3.18. The van der Waals surface area contributed by atoms with Gasteiger partial charge in [-0.2, -0.15) is 0 Å². The molecule has 3 rings (SSSR count). The molecular weight excluding hydrogens is 427 g/mol. The molecule has 0 saturated carbocycles. The fourth-order valence-corrected chi connectivity index (χ4v) is 3.69. The van der Waals surface area contributed by atoms with E-state index in [-0.39, 0.29) is 11.9 Å². The van der Waals surface area contributed by atoms with Crippen LogP contribution in [0.25, 0.3) is 0 Å². The second kappa shape index (κ2) is 10.1. The standard InChI is InChI=1S/C22H22Cl2N2O2S/c1-3-15(2)26(22(27)16-4-6-17(23)7-5-16)12-19-14-29-21(25-19)13-28-20-10-8-18(24)9-11-20/h4-11,14-15H,3,12-13H2,1-2H3. The SMILES string of the molecule is CCC(C)N(Cc1csc(COc2ccc(Cl)cc2)n1)C(=O)c1ccc(Cl)cc1. The first-order valence-electron chi connectivity index (χ1n) is 9.34. The van der Waals surface area contributed by atoms with Gasteiger partial charge in [-0.3, -0.25) is 4.79 Å². The minimum atomic E-state index is -0.0250. The van der Waals surface area contributed by atoms with E-state index in [0.29, 0.717) is 28.8 Å². The number of hydrogen-bond donors (Lipinski definition) is 0. The predicted molar refractivity (Wildman–Crippen MR) is 119 cm³/mol. The molecule has 0 aliphatic rings. The molecule has 1 heterocycles. The number of rotatable bonds is 8. The lowest BCUT2D eigenvalue weighted by molar-refractivity contribution is 0.0669. The molecule has 1 atom stereocenters. The van der Waals surface area contributed by atoms with Gasteiger partial charge in [0.25, 0.3) is 5.91 Å². The van der Waals surface area contributed by atoms with E-state index in [1.54, 1.807) is 36.4 Å². The number of ether oxygens (including phenoxy) is 1. The number of carbonyl (C=O) groups is 1. The van der Waals surface area contributed by atoms with E-state index in [1.807, 2.05) is 29.3 Å². The van der Waals surface area contributed by atoms with Crippen LogP contribution in [0.4, 0.5) is 0 Å². The van der Waals surface area contributed by atoms with Crippen LogP contribution in [0, 0.1) is 0 Å². The molecule has 1 amide bonds. The largest absolute Gasteiger partial charge is 0.486 e. The van der Waals surface area contributed by atoms with Crippen LogP contribution in [0.3, 0.4) is 0 Å². The first-order valence-corrected chi connectivity index (χ1v) is 11.0. The second-order valence-electron chi connectivity index (χ2n) is 6.67. The molecule has 152 valence electrons. The molecular formula is C22H22Cl2N2O2S. The molecule has 0 N–H and O–H groups in total. The highest BCUT2D eigenvalue weighted by Crippen LogP contribution is 2.21. The summed E-state index contributed by atoms with van der Waals surface area (Å²) in [7, 11) is 0. The molecule has 0 saturated heterocycles. The lowest BCUT2D eigenvalue weighted by atomic mass is 10.1. The third-order valence-electron chi connectivity index (χ3n) is 4.58. The Labute approximate surface area is 185 Å². The van der Waals surface area contributed by atoms with Crippen LogP contribution >= 0.6 is 34.5 Å². The molecule has 0 fully saturated rings. The minimum Gasteiger partial charge on any atom is -0.486 e. The van der Waals surface area contributed by atoms with Gasteiger partial charge < -0.3 is 9.64 Å². The maximum atomic E-state index is 13.0. The van der Waals surface area contributed by atoms with E-state index in [1.165, 1.54) is 11.3 Å². The van der Waals surface area contributed by atoms with Gasteiger partial charge in [0.05, 0.1) is 12.2 Å². The monoisotopic (exact) mass is 448 g/mol. The fourth-order valence-electron chi connectivity index (χ4n) is 2.74. The number of nitrogens with zero attached hydrogens (tertiary/aromatic N) is 2. The number of hydrogen-bond acceptors (Lipinski definition) is 4. The Morgan fingerprint density at radius 2 is 1.72 bits per heavy atom. The predicted octanol–water partition coefficient (Wildman–Crippen LogP) is 6.47. The molecule has 4 nitrogen and oxygen atoms in total. The highest BCUT2D eigenvalue weighted by atomic mass is 35.5. The molecule has 1 unspecified atom stereocenters. The van der Waals surface area contributed by atoms with E-state index in [2.05, 4.69) is 11.9 Å². The summed E-state index contributed by atoms with van der Waals surface area (Å²) in [5.41, 5.74) is 1.48. The van der Waals surface area contributed by atoms with Gasteiger partial charge in [0.2, 0.25) is 0 Å².